The van der Waals surface area contributed by atoms with Gasteiger partial charge in [0.05, 0.1) is 12.7 Å². The Kier molecular flexibility index (Phi) is 5.35. The van der Waals surface area contributed by atoms with Crippen molar-refractivity contribution in [1.29, 1.82) is 0 Å². The molecule has 2 aromatic rings. The number of nitrogens with zero attached hydrogens (tertiary/aromatic N) is 1. The number of benzene rings is 1. The number of carbonyl (C=O) groups excluding carboxylic acids is 2. The number of ether oxygens (including phenoxy) is 2. The van der Waals surface area contributed by atoms with E-state index in [0.29, 0.717) is 23.5 Å². The van der Waals surface area contributed by atoms with Crippen LogP contribution in [0.15, 0.2) is 34.9 Å². The number of aryl methyl sites for hydroxylation is 1. The van der Waals surface area contributed by atoms with E-state index in [9.17, 15) is 9.59 Å². The SMILES string of the molecule is CC[C@H](OC(=O)c1cccc(OC)c1)C(=O)Nc1cc(C)on1. The molecule has 7 nitrogen and oxygen atoms in total. The number of carbonyl (C=O) groups is 2. The van der Waals surface area contributed by atoms with E-state index in [2.05, 4.69) is 10.5 Å². The Morgan fingerprint density at radius 2 is 2.13 bits per heavy atom. The minimum atomic E-state index is -0.925. The summed E-state index contributed by atoms with van der Waals surface area (Å²) in [5.74, 6) is 0.333. The Bertz CT molecular complexity index is 695. The summed E-state index contributed by atoms with van der Waals surface area (Å²) in [4.78, 5) is 24.3. The standard InChI is InChI=1S/C16H18N2O5/c1-4-13(15(19)17-14-8-10(2)23-18-14)22-16(20)11-6-5-7-12(9-11)21-3/h5-9,13H,4H2,1-3H3,(H,17,18,19)/t13-/m0/s1. The van der Waals surface area contributed by atoms with Crippen LogP contribution in [0.4, 0.5) is 5.82 Å². The van der Waals surface area contributed by atoms with Gasteiger partial charge in [0.25, 0.3) is 5.91 Å². The van der Waals surface area contributed by atoms with E-state index >= 15 is 0 Å². The van der Waals surface area contributed by atoms with E-state index in [-0.39, 0.29) is 5.82 Å². The second kappa shape index (κ2) is 7.44. The molecule has 0 bridgehead atoms. The van der Waals surface area contributed by atoms with Crippen LogP contribution in [0.3, 0.4) is 0 Å². The zero-order chi connectivity index (χ0) is 16.8. The van der Waals surface area contributed by atoms with Gasteiger partial charge in [-0.1, -0.05) is 18.1 Å². The summed E-state index contributed by atoms with van der Waals surface area (Å²) in [5, 5.41) is 6.22. The Morgan fingerprint density at radius 3 is 2.74 bits per heavy atom. The predicted molar refractivity (Wildman–Crippen MR) is 82.4 cm³/mol. The van der Waals surface area contributed by atoms with E-state index in [1.807, 2.05) is 0 Å². The highest BCUT2D eigenvalue weighted by Gasteiger charge is 2.23. The van der Waals surface area contributed by atoms with Gasteiger partial charge in [0.1, 0.15) is 11.5 Å². The molecule has 0 saturated heterocycles. The maximum absolute atomic E-state index is 12.2. The lowest BCUT2D eigenvalue weighted by molar-refractivity contribution is -0.124. The number of methoxy groups -OCH3 is 1. The summed E-state index contributed by atoms with van der Waals surface area (Å²) in [6.45, 7) is 3.46. The van der Waals surface area contributed by atoms with Crippen molar-refractivity contribution in [2.45, 2.75) is 26.4 Å². The van der Waals surface area contributed by atoms with Crippen LogP contribution in [0.5, 0.6) is 5.75 Å². The number of hydrogen-bond acceptors (Lipinski definition) is 6. The number of rotatable bonds is 6. The number of anilines is 1. The van der Waals surface area contributed by atoms with Gasteiger partial charge >= 0.3 is 5.97 Å². The molecule has 0 fully saturated rings. The van der Waals surface area contributed by atoms with Crippen LogP contribution in [0.2, 0.25) is 0 Å². The van der Waals surface area contributed by atoms with Crippen molar-refractivity contribution in [1.82, 2.24) is 5.16 Å². The Balaban J connectivity index is 2.02. The van der Waals surface area contributed by atoms with Gasteiger partial charge in [-0.2, -0.15) is 0 Å². The molecule has 0 aliphatic carbocycles. The molecule has 1 amide bonds. The average molecular weight is 318 g/mol. The largest absolute Gasteiger partial charge is 0.497 e. The fourth-order valence-electron chi connectivity index (χ4n) is 1.90. The molecule has 7 heteroatoms. The number of hydrogen-bond donors (Lipinski definition) is 1. The third-order valence-electron chi connectivity index (χ3n) is 3.10. The first-order chi connectivity index (χ1) is 11.0. The molecule has 0 spiro atoms. The Hall–Kier alpha value is -2.83. The molecular weight excluding hydrogens is 300 g/mol. The molecule has 122 valence electrons. The zero-order valence-electron chi connectivity index (χ0n) is 13.2. The second-order valence-electron chi connectivity index (χ2n) is 4.85. The minimum absolute atomic E-state index is 0.281. The lowest BCUT2D eigenvalue weighted by Gasteiger charge is -2.15. The molecule has 0 saturated carbocycles. The van der Waals surface area contributed by atoms with Crippen LogP contribution in [0, 0.1) is 6.92 Å². The van der Waals surface area contributed by atoms with Crippen LogP contribution in [0.25, 0.3) is 0 Å². The van der Waals surface area contributed by atoms with Crippen molar-refractivity contribution in [3.05, 3.63) is 41.7 Å². The van der Waals surface area contributed by atoms with E-state index in [1.54, 1.807) is 44.2 Å². The van der Waals surface area contributed by atoms with Gasteiger partial charge in [0.15, 0.2) is 11.9 Å². The molecule has 1 atom stereocenters. The summed E-state index contributed by atoms with van der Waals surface area (Å²) in [7, 11) is 1.51. The predicted octanol–water partition coefficient (Wildman–Crippen LogP) is 2.57. The van der Waals surface area contributed by atoms with Crippen LogP contribution in [-0.2, 0) is 9.53 Å². The monoisotopic (exact) mass is 318 g/mol. The van der Waals surface area contributed by atoms with E-state index in [4.69, 9.17) is 14.0 Å². The highest BCUT2D eigenvalue weighted by molar-refractivity contribution is 5.97. The first kappa shape index (κ1) is 16.5. The Labute approximate surface area is 133 Å². The van der Waals surface area contributed by atoms with E-state index < -0.39 is 18.0 Å². The molecule has 0 aliphatic heterocycles. The molecule has 2 rings (SSSR count). The molecule has 1 N–H and O–H groups in total. The molecule has 0 unspecified atom stereocenters. The summed E-state index contributed by atoms with van der Waals surface area (Å²) in [5.41, 5.74) is 0.313. The fraction of sp³-hybridized carbons (Fsp3) is 0.312. The molecule has 0 radical (unpaired) electrons. The Morgan fingerprint density at radius 1 is 1.35 bits per heavy atom. The van der Waals surface area contributed by atoms with Crippen molar-refractivity contribution >= 4 is 17.7 Å². The van der Waals surface area contributed by atoms with E-state index in [0.717, 1.165) is 0 Å². The third-order valence-corrected chi connectivity index (χ3v) is 3.10. The number of amides is 1. The molecule has 1 aromatic carbocycles. The average Bonchev–Trinajstić information content (AvgIpc) is 2.97. The van der Waals surface area contributed by atoms with E-state index in [1.165, 1.54) is 7.11 Å². The lowest BCUT2D eigenvalue weighted by atomic mass is 10.2. The molecule has 0 aliphatic rings. The maximum Gasteiger partial charge on any atom is 0.339 e. The fourth-order valence-corrected chi connectivity index (χ4v) is 1.90. The number of esters is 1. The quantitative estimate of drug-likeness (QED) is 0.823. The smallest absolute Gasteiger partial charge is 0.339 e. The second-order valence-corrected chi connectivity index (χ2v) is 4.85. The normalized spacial score (nSPS) is 11.6. The van der Waals surface area contributed by atoms with Crippen molar-refractivity contribution in [3.8, 4) is 5.75 Å². The van der Waals surface area contributed by atoms with Gasteiger partial charge < -0.3 is 19.3 Å². The summed E-state index contributed by atoms with van der Waals surface area (Å²) >= 11 is 0. The van der Waals surface area contributed by atoms with Gasteiger partial charge in [-0.05, 0) is 31.5 Å². The molecule has 1 aromatic heterocycles. The first-order valence-corrected chi connectivity index (χ1v) is 7.12. The molecule has 23 heavy (non-hydrogen) atoms. The number of aromatic nitrogens is 1. The van der Waals surface area contributed by atoms with Crippen LogP contribution >= 0.6 is 0 Å². The van der Waals surface area contributed by atoms with Crippen LogP contribution in [0.1, 0.15) is 29.5 Å². The van der Waals surface area contributed by atoms with Gasteiger partial charge in [0, 0.05) is 6.07 Å². The summed E-state index contributed by atoms with van der Waals surface area (Å²) in [6.07, 6.45) is -0.594. The van der Waals surface area contributed by atoms with Crippen LogP contribution in [-0.4, -0.2) is 30.2 Å². The van der Waals surface area contributed by atoms with Gasteiger partial charge in [0.2, 0.25) is 0 Å². The van der Waals surface area contributed by atoms with Crippen molar-refractivity contribution in [2.24, 2.45) is 0 Å². The minimum Gasteiger partial charge on any atom is -0.497 e. The van der Waals surface area contributed by atoms with Crippen molar-refractivity contribution in [3.63, 3.8) is 0 Å². The van der Waals surface area contributed by atoms with Gasteiger partial charge in [-0.3, -0.25) is 4.79 Å². The van der Waals surface area contributed by atoms with Crippen LogP contribution < -0.4 is 10.1 Å². The highest BCUT2D eigenvalue weighted by atomic mass is 16.5. The topological polar surface area (TPSA) is 90.7 Å². The van der Waals surface area contributed by atoms with Crippen molar-refractivity contribution in [2.75, 3.05) is 12.4 Å². The van der Waals surface area contributed by atoms with Gasteiger partial charge in [-0.15, -0.1) is 0 Å². The summed E-state index contributed by atoms with van der Waals surface area (Å²) in [6, 6.07) is 8.11. The third kappa shape index (κ3) is 4.32. The van der Waals surface area contributed by atoms with Gasteiger partial charge in [-0.25, -0.2) is 4.79 Å². The molecular formula is C16H18N2O5. The zero-order valence-corrected chi connectivity index (χ0v) is 13.2. The lowest BCUT2D eigenvalue weighted by Crippen LogP contribution is -2.32. The number of nitrogens with one attached hydrogen (secondary N) is 1. The molecule has 1 heterocycles. The summed E-state index contributed by atoms with van der Waals surface area (Å²) < 4.78 is 15.2. The maximum atomic E-state index is 12.2. The van der Waals surface area contributed by atoms with Crippen molar-refractivity contribution < 1.29 is 23.6 Å². The highest BCUT2D eigenvalue weighted by Crippen LogP contribution is 2.15. The first-order valence-electron chi connectivity index (χ1n) is 7.12.